The van der Waals surface area contributed by atoms with Crippen molar-refractivity contribution in [1.29, 1.82) is 0 Å². The van der Waals surface area contributed by atoms with E-state index in [1.54, 1.807) is 18.6 Å². The molecule has 4 nitrogen and oxygen atoms in total. The minimum absolute atomic E-state index is 0.0530. The quantitative estimate of drug-likeness (QED) is 0.719. The summed E-state index contributed by atoms with van der Waals surface area (Å²) in [7, 11) is 0. The van der Waals surface area contributed by atoms with Gasteiger partial charge in [-0.05, 0) is 5.56 Å². The lowest BCUT2D eigenvalue weighted by Gasteiger charge is -1.96. The van der Waals surface area contributed by atoms with Crippen molar-refractivity contribution in [3.8, 4) is 22.6 Å². The smallest absolute Gasteiger partial charge is 0.192 e. The number of H-pyrrole nitrogens is 2. The van der Waals surface area contributed by atoms with Gasteiger partial charge in [0, 0.05) is 18.5 Å². The van der Waals surface area contributed by atoms with Crippen LogP contribution in [0.1, 0.15) is 0 Å². The molecule has 0 saturated heterocycles. The minimum atomic E-state index is -0.0530. The highest BCUT2D eigenvalue weighted by molar-refractivity contribution is 5.63. The highest BCUT2D eigenvalue weighted by atomic mass is 16.1. The molecule has 0 fully saturated rings. The Morgan fingerprint density at radius 3 is 2.67 bits per heavy atom. The molecule has 0 spiro atoms. The van der Waals surface area contributed by atoms with Crippen molar-refractivity contribution in [3.05, 3.63) is 65.2 Å². The number of aromatic nitrogens is 3. The van der Waals surface area contributed by atoms with Crippen LogP contribution < -0.4 is 5.43 Å². The Morgan fingerprint density at radius 2 is 1.89 bits per heavy atom. The van der Waals surface area contributed by atoms with Gasteiger partial charge in [-0.1, -0.05) is 30.3 Å². The van der Waals surface area contributed by atoms with Gasteiger partial charge in [0.1, 0.15) is 5.82 Å². The summed E-state index contributed by atoms with van der Waals surface area (Å²) in [6.45, 7) is 0. The molecule has 88 valence electrons. The number of hydrogen-bond acceptors (Lipinski definition) is 2. The summed E-state index contributed by atoms with van der Waals surface area (Å²) < 4.78 is 0. The largest absolute Gasteiger partial charge is 0.367 e. The molecule has 18 heavy (non-hydrogen) atoms. The molecule has 0 aliphatic carbocycles. The van der Waals surface area contributed by atoms with Crippen molar-refractivity contribution < 1.29 is 0 Å². The summed E-state index contributed by atoms with van der Waals surface area (Å²) in [5.41, 5.74) is 2.43. The standard InChI is InChI=1S/C14H11N3O/c18-13-6-7-15-8-11(13)14-16-9-12(17-14)10-4-2-1-3-5-10/h1-9H,(H,15,18)(H,16,17). The van der Waals surface area contributed by atoms with Crippen LogP contribution in [-0.4, -0.2) is 15.0 Å². The highest BCUT2D eigenvalue weighted by Crippen LogP contribution is 2.19. The molecule has 0 atom stereocenters. The molecule has 0 saturated carbocycles. The van der Waals surface area contributed by atoms with Gasteiger partial charge in [-0.25, -0.2) is 4.98 Å². The number of benzene rings is 1. The molecule has 0 unspecified atom stereocenters. The third-order valence-electron chi connectivity index (χ3n) is 2.74. The van der Waals surface area contributed by atoms with Crippen LogP contribution in [0.5, 0.6) is 0 Å². The lowest BCUT2D eigenvalue weighted by atomic mass is 10.2. The van der Waals surface area contributed by atoms with Crippen LogP contribution in [0.3, 0.4) is 0 Å². The first kappa shape index (κ1) is 10.5. The molecule has 0 aliphatic heterocycles. The lowest BCUT2D eigenvalue weighted by molar-refractivity contribution is 1.24. The van der Waals surface area contributed by atoms with Crippen molar-refractivity contribution in [2.24, 2.45) is 0 Å². The van der Waals surface area contributed by atoms with Crippen molar-refractivity contribution in [1.82, 2.24) is 15.0 Å². The zero-order chi connectivity index (χ0) is 12.4. The number of aromatic amines is 2. The number of nitrogens with zero attached hydrogens (tertiary/aromatic N) is 1. The van der Waals surface area contributed by atoms with Gasteiger partial charge in [-0.15, -0.1) is 0 Å². The van der Waals surface area contributed by atoms with Crippen LogP contribution in [0.25, 0.3) is 22.6 Å². The zero-order valence-electron chi connectivity index (χ0n) is 9.55. The molecule has 3 rings (SSSR count). The number of nitrogens with one attached hydrogen (secondary N) is 2. The topological polar surface area (TPSA) is 61.5 Å². The summed E-state index contributed by atoms with van der Waals surface area (Å²) in [6, 6.07) is 11.4. The Morgan fingerprint density at radius 1 is 1.06 bits per heavy atom. The molecule has 2 aromatic heterocycles. The van der Waals surface area contributed by atoms with Gasteiger partial charge in [0.15, 0.2) is 5.43 Å². The molecule has 2 N–H and O–H groups in total. The molecule has 1 aromatic carbocycles. The molecule has 4 heteroatoms. The zero-order valence-corrected chi connectivity index (χ0v) is 9.55. The summed E-state index contributed by atoms with van der Waals surface area (Å²) >= 11 is 0. The van der Waals surface area contributed by atoms with E-state index in [9.17, 15) is 4.79 Å². The molecule has 0 aliphatic rings. The van der Waals surface area contributed by atoms with E-state index in [4.69, 9.17) is 0 Å². The summed E-state index contributed by atoms with van der Waals surface area (Å²) in [5.74, 6) is 0.579. The van der Waals surface area contributed by atoms with E-state index < -0.39 is 0 Å². The van der Waals surface area contributed by atoms with E-state index in [-0.39, 0.29) is 5.43 Å². The normalized spacial score (nSPS) is 10.4. The van der Waals surface area contributed by atoms with E-state index >= 15 is 0 Å². The maximum absolute atomic E-state index is 11.7. The molecular formula is C14H11N3O. The summed E-state index contributed by atoms with van der Waals surface area (Å²) in [5, 5.41) is 0. The molecule has 2 heterocycles. The average Bonchev–Trinajstić information content (AvgIpc) is 2.90. The third kappa shape index (κ3) is 1.84. The third-order valence-corrected chi connectivity index (χ3v) is 2.74. The second-order valence-electron chi connectivity index (χ2n) is 3.93. The molecule has 3 aromatic rings. The predicted octanol–water partition coefficient (Wildman–Crippen LogP) is 2.43. The Balaban J connectivity index is 2.06. The van der Waals surface area contributed by atoms with Crippen LogP contribution in [0.4, 0.5) is 0 Å². The van der Waals surface area contributed by atoms with Crippen molar-refractivity contribution in [2.75, 3.05) is 0 Å². The van der Waals surface area contributed by atoms with Crippen LogP contribution in [0.15, 0.2) is 59.8 Å². The molecule has 0 amide bonds. The number of imidazole rings is 1. The monoisotopic (exact) mass is 237 g/mol. The van der Waals surface area contributed by atoms with Crippen molar-refractivity contribution >= 4 is 0 Å². The Bertz CT molecular complexity index is 713. The van der Waals surface area contributed by atoms with E-state index in [1.165, 1.54) is 6.07 Å². The van der Waals surface area contributed by atoms with Crippen molar-refractivity contribution in [3.63, 3.8) is 0 Å². The van der Waals surface area contributed by atoms with Gasteiger partial charge >= 0.3 is 0 Å². The van der Waals surface area contributed by atoms with E-state index in [0.717, 1.165) is 11.3 Å². The fourth-order valence-electron chi connectivity index (χ4n) is 1.82. The van der Waals surface area contributed by atoms with Gasteiger partial charge < -0.3 is 9.97 Å². The van der Waals surface area contributed by atoms with E-state index in [0.29, 0.717) is 11.4 Å². The predicted molar refractivity (Wildman–Crippen MR) is 70.1 cm³/mol. The minimum Gasteiger partial charge on any atom is -0.367 e. The summed E-state index contributed by atoms with van der Waals surface area (Å²) in [6.07, 6.45) is 4.99. The van der Waals surface area contributed by atoms with E-state index in [1.807, 2.05) is 30.3 Å². The number of rotatable bonds is 2. The summed E-state index contributed by atoms with van der Waals surface area (Å²) in [4.78, 5) is 22.0. The average molecular weight is 237 g/mol. The molecule has 0 bridgehead atoms. The van der Waals surface area contributed by atoms with E-state index in [2.05, 4.69) is 15.0 Å². The van der Waals surface area contributed by atoms with Crippen LogP contribution in [-0.2, 0) is 0 Å². The first-order valence-electron chi connectivity index (χ1n) is 5.62. The van der Waals surface area contributed by atoms with Crippen molar-refractivity contribution in [2.45, 2.75) is 0 Å². The maximum Gasteiger partial charge on any atom is 0.192 e. The van der Waals surface area contributed by atoms with Crippen LogP contribution >= 0.6 is 0 Å². The van der Waals surface area contributed by atoms with Crippen LogP contribution in [0.2, 0.25) is 0 Å². The maximum atomic E-state index is 11.7. The number of pyridine rings is 1. The first-order chi connectivity index (χ1) is 8.84. The van der Waals surface area contributed by atoms with Gasteiger partial charge in [0.25, 0.3) is 0 Å². The number of hydrogen-bond donors (Lipinski definition) is 2. The molecule has 0 radical (unpaired) electrons. The molecular weight excluding hydrogens is 226 g/mol. The second kappa shape index (κ2) is 4.33. The second-order valence-corrected chi connectivity index (χ2v) is 3.93. The lowest BCUT2D eigenvalue weighted by Crippen LogP contribution is -2.03. The van der Waals surface area contributed by atoms with Gasteiger partial charge in [-0.2, -0.15) is 0 Å². The Kier molecular flexibility index (Phi) is 2.53. The van der Waals surface area contributed by atoms with Gasteiger partial charge in [0.05, 0.1) is 17.5 Å². The highest BCUT2D eigenvalue weighted by Gasteiger charge is 2.07. The van der Waals surface area contributed by atoms with Gasteiger partial charge in [-0.3, -0.25) is 4.79 Å². The fourth-order valence-corrected chi connectivity index (χ4v) is 1.82. The Hall–Kier alpha value is -2.62. The van der Waals surface area contributed by atoms with Gasteiger partial charge in [0.2, 0.25) is 0 Å². The van der Waals surface area contributed by atoms with Crippen LogP contribution in [0, 0.1) is 0 Å². The first-order valence-corrected chi connectivity index (χ1v) is 5.62. The fraction of sp³-hybridized carbons (Fsp3) is 0. The SMILES string of the molecule is O=c1cc[nH]cc1-c1ncc(-c2ccccc2)[nH]1. The Labute approximate surface area is 103 Å².